The number of para-hydroxylation sites is 1. The van der Waals surface area contributed by atoms with Crippen molar-refractivity contribution in [1.29, 1.82) is 0 Å². The smallest absolute Gasteiger partial charge is 0.0464 e. The normalized spacial score (nSPS) is 11.5. The van der Waals surface area contributed by atoms with Crippen molar-refractivity contribution in [1.82, 2.24) is 0 Å². The minimum absolute atomic E-state index is 1.04. The fourth-order valence-electron chi connectivity index (χ4n) is 2.38. The maximum atomic E-state index is 3.85. The molecule has 0 spiro atoms. The minimum atomic E-state index is 1.04. The van der Waals surface area contributed by atoms with Gasteiger partial charge in [0.15, 0.2) is 0 Å². The van der Waals surface area contributed by atoms with Gasteiger partial charge >= 0.3 is 0 Å². The summed E-state index contributed by atoms with van der Waals surface area (Å²) in [4.78, 5) is 2.22. The highest BCUT2D eigenvalue weighted by molar-refractivity contribution is 5.71. The average molecular weight is 301 g/mol. The van der Waals surface area contributed by atoms with Crippen molar-refractivity contribution in [3.63, 3.8) is 0 Å². The molecule has 0 unspecified atom stereocenters. The third-order valence-corrected chi connectivity index (χ3v) is 3.71. The Morgan fingerprint density at radius 2 is 1.61 bits per heavy atom. The van der Waals surface area contributed by atoms with Crippen LogP contribution in [0, 0.1) is 13.8 Å². The summed E-state index contributed by atoms with van der Waals surface area (Å²) in [6.07, 6.45) is 9.56. The quantitative estimate of drug-likeness (QED) is 0.570. The topological polar surface area (TPSA) is 3.24 Å². The Hall–Kier alpha value is -2.80. The predicted molar refractivity (Wildman–Crippen MR) is 102 cm³/mol. The molecule has 0 saturated heterocycles. The lowest BCUT2D eigenvalue weighted by Gasteiger charge is -2.27. The zero-order valence-corrected chi connectivity index (χ0v) is 13.9. The molecule has 0 aliphatic heterocycles. The number of allylic oxidation sites excluding steroid dienone is 5. The standard InChI is InChI=1S/C22H23N/c1-5-7-12-20(11-6-2)23(21-13-9-8-10-14-21)22-16-15-18(3)19(4)17-22/h5-17H,1-2H2,3-4H3/b12-7-,20-11+. The Bertz CT molecular complexity index is 736. The SMILES string of the molecule is C=C/C=C\C(=C/C=C)N(c1ccccc1)c1ccc(C)c(C)c1. The number of benzene rings is 2. The van der Waals surface area contributed by atoms with E-state index < -0.39 is 0 Å². The molecule has 2 aromatic carbocycles. The van der Waals surface area contributed by atoms with Crippen molar-refractivity contribution in [2.75, 3.05) is 4.90 Å². The van der Waals surface area contributed by atoms with E-state index in [0.717, 1.165) is 17.1 Å². The van der Waals surface area contributed by atoms with E-state index in [-0.39, 0.29) is 0 Å². The van der Waals surface area contributed by atoms with Crippen LogP contribution < -0.4 is 4.90 Å². The molecule has 0 amide bonds. The van der Waals surface area contributed by atoms with Crippen LogP contribution in [-0.2, 0) is 0 Å². The van der Waals surface area contributed by atoms with Gasteiger partial charge in [0, 0.05) is 17.1 Å². The van der Waals surface area contributed by atoms with Gasteiger partial charge in [-0.1, -0.05) is 55.7 Å². The molecule has 0 bridgehead atoms. The molecule has 0 atom stereocenters. The molecular formula is C22H23N. The molecular weight excluding hydrogens is 278 g/mol. The van der Waals surface area contributed by atoms with Crippen LogP contribution >= 0.6 is 0 Å². The molecule has 2 rings (SSSR count). The van der Waals surface area contributed by atoms with Gasteiger partial charge in [-0.25, -0.2) is 0 Å². The van der Waals surface area contributed by atoms with Crippen LogP contribution in [0.3, 0.4) is 0 Å². The second-order valence-corrected chi connectivity index (χ2v) is 5.36. The monoisotopic (exact) mass is 301 g/mol. The molecule has 0 fully saturated rings. The first kappa shape index (κ1) is 16.6. The van der Waals surface area contributed by atoms with Crippen LogP contribution in [0.5, 0.6) is 0 Å². The largest absolute Gasteiger partial charge is 0.310 e. The summed E-state index contributed by atoms with van der Waals surface area (Å²) >= 11 is 0. The van der Waals surface area contributed by atoms with Crippen LogP contribution in [0.25, 0.3) is 0 Å². The Morgan fingerprint density at radius 1 is 0.870 bits per heavy atom. The van der Waals surface area contributed by atoms with E-state index in [2.05, 4.69) is 62.2 Å². The maximum Gasteiger partial charge on any atom is 0.0464 e. The van der Waals surface area contributed by atoms with E-state index in [1.165, 1.54) is 11.1 Å². The van der Waals surface area contributed by atoms with Gasteiger partial charge in [0.25, 0.3) is 0 Å². The van der Waals surface area contributed by atoms with E-state index in [0.29, 0.717) is 0 Å². The fraction of sp³-hybridized carbons (Fsp3) is 0.0909. The molecule has 116 valence electrons. The lowest BCUT2D eigenvalue weighted by atomic mass is 10.1. The first-order chi connectivity index (χ1) is 11.2. The third-order valence-electron chi connectivity index (χ3n) is 3.71. The second kappa shape index (κ2) is 8.00. The third kappa shape index (κ3) is 4.10. The molecule has 0 aromatic heterocycles. The summed E-state index contributed by atoms with van der Waals surface area (Å²) in [6, 6.07) is 16.8. The Balaban J connectivity index is 2.61. The summed E-state index contributed by atoms with van der Waals surface area (Å²) in [5.74, 6) is 0. The highest BCUT2D eigenvalue weighted by atomic mass is 15.1. The van der Waals surface area contributed by atoms with Gasteiger partial charge in [-0.05, 0) is 61.4 Å². The van der Waals surface area contributed by atoms with Crippen LogP contribution in [0.1, 0.15) is 11.1 Å². The van der Waals surface area contributed by atoms with E-state index in [1.807, 2.05) is 36.4 Å². The molecule has 0 heterocycles. The number of anilines is 2. The lowest BCUT2D eigenvalue weighted by Crippen LogP contribution is -2.15. The number of nitrogens with zero attached hydrogens (tertiary/aromatic N) is 1. The zero-order chi connectivity index (χ0) is 16.7. The Kier molecular flexibility index (Phi) is 5.76. The molecule has 0 N–H and O–H groups in total. The molecule has 1 heteroatoms. The van der Waals surface area contributed by atoms with Crippen LogP contribution in [0.4, 0.5) is 11.4 Å². The van der Waals surface area contributed by atoms with Crippen molar-refractivity contribution < 1.29 is 0 Å². The summed E-state index contributed by atoms with van der Waals surface area (Å²) in [6.45, 7) is 11.9. The molecule has 2 aromatic rings. The number of hydrogen-bond acceptors (Lipinski definition) is 1. The van der Waals surface area contributed by atoms with Gasteiger partial charge in [0.05, 0.1) is 0 Å². The minimum Gasteiger partial charge on any atom is -0.310 e. The van der Waals surface area contributed by atoms with Crippen molar-refractivity contribution in [3.8, 4) is 0 Å². The number of rotatable bonds is 6. The predicted octanol–water partition coefficient (Wildman–Crippen LogP) is 6.25. The first-order valence-corrected chi connectivity index (χ1v) is 7.71. The Morgan fingerprint density at radius 3 is 2.22 bits per heavy atom. The van der Waals surface area contributed by atoms with Crippen LogP contribution in [0.15, 0.2) is 97.8 Å². The van der Waals surface area contributed by atoms with Crippen molar-refractivity contribution >= 4 is 11.4 Å². The fourth-order valence-corrected chi connectivity index (χ4v) is 2.38. The first-order valence-electron chi connectivity index (χ1n) is 7.71. The zero-order valence-electron chi connectivity index (χ0n) is 13.9. The summed E-state index contributed by atoms with van der Waals surface area (Å²) < 4.78 is 0. The van der Waals surface area contributed by atoms with E-state index >= 15 is 0 Å². The maximum absolute atomic E-state index is 3.85. The van der Waals surface area contributed by atoms with Gasteiger partial charge < -0.3 is 4.90 Å². The summed E-state index contributed by atoms with van der Waals surface area (Å²) in [5, 5.41) is 0. The van der Waals surface area contributed by atoms with E-state index in [4.69, 9.17) is 0 Å². The van der Waals surface area contributed by atoms with Crippen molar-refractivity contribution in [2.24, 2.45) is 0 Å². The lowest BCUT2D eigenvalue weighted by molar-refractivity contribution is 1.19. The molecule has 0 aliphatic carbocycles. The molecule has 0 aliphatic rings. The van der Waals surface area contributed by atoms with Gasteiger partial charge in [-0.2, -0.15) is 0 Å². The molecule has 1 nitrogen and oxygen atoms in total. The average Bonchev–Trinajstić information content (AvgIpc) is 2.57. The van der Waals surface area contributed by atoms with Gasteiger partial charge in [-0.15, -0.1) is 0 Å². The highest BCUT2D eigenvalue weighted by Crippen LogP contribution is 2.31. The van der Waals surface area contributed by atoms with Crippen LogP contribution in [0.2, 0.25) is 0 Å². The van der Waals surface area contributed by atoms with E-state index in [1.54, 1.807) is 12.2 Å². The summed E-state index contributed by atoms with van der Waals surface area (Å²) in [5.41, 5.74) is 5.83. The molecule has 23 heavy (non-hydrogen) atoms. The van der Waals surface area contributed by atoms with Crippen molar-refractivity contribution in [2.45, 2.75) is 13.8 Å². The van der Waals surface area contributed by atoms with Crippen molar-refractivity contribution in [3.05, 3.63) is 109 Å². The summed E-state index contributed by atoms with van der Waals surface area (Å²) in [7, 11) is 0. The van der Waals surface area contributed by atoms with Gasteiger partial charge in [-0.3, -0.25) is 0 Å². The van der Waals surface area contributed by atoms with Crippen LogP contribution in [-0.4, -0.2) is 0 Å². The Labute approximate surface area is 139 Å². The second-order valence-electron chi connectivity index (χ2n) is 5.36. The number of aryl methyl sites for hydroxylation is 2. The molecule has 0 radical (unpaired) electrons. The molecule has 0 saturated carbocycles. The highest BCUT2D eigenvalue weighted by Gasteiger charge is 2.12. The van der Waals surface area contributed by atoms with E-state index in [9.17, 15) is 0 Å². The van der Waals surface area contributed by atoms with Gasteiger partial charge in [0.1, 0.15) is 0 Å². The number of hydrogen-bond donors (Lipinski definition) is 0. The van der Waals surface area contributed by atoms with Gasteiger partial charge in [0.2, 0.25) is 0 Å².